The van der Waals surface area contributed by atoms with Crippen LogP contribution in [0.4, 0.5) is 4.79 Å². The first-order chi connectivity index (χ1) is 14.7. The van der Waals surface area contributed by atoms with Crippen molar-refractivity contribution in [3.8, 4) is 0 Å². The predicted molar refractivity (Wildman–Crippen MR) is 118 cm³/mol. The summed E-state index contributed by atoms with van der Waals surface area (Å²) in [6, 6.07) is 7.72. The topological polar surface area (TPSA) is 117 Å². The van der Waals surface area contributed by atoms with Gasteiger partial charge in [0.15, 0.2) is 0 Å². The molecule has 0 saturated carbocycles. The van der Waals surface area contributed by atoms with Gasteiger partial charge in [-0.25, -0.2) is 9.59 Å². The Kier molecular flexibility index (Phi) is 6.99. The molecule has 2 aliphatic rings. The Hall–Kier alpha value is -2.88. The molecule has 0 aromatic heterocycles. The monoisotopic (exact) mass is 448 g/mol. The molecular formula is C21H28N4O5S. The first-order valence-electron chi connectivity index (χ1n) is 10.3. The summed E-state index contributed by atoms with van der Waals surface area (Å²) in [6.07, 6.45) is 1.27. The first-order valence-corrected chi connectivity index (χ1v) is 11.8. The third kappa shape index (κ3) is 5.25. The van der Waals surface area contributed by atoms with Crippen LogP contribution in [0.25, 0.3) is 4.91 Å². The van der Waals surface area contributed by atoms with Gasteiger partial charge in [0.2, 0.25) is 0 Å². The molecule has 2 aliphatic heterocycles. The lowest BCUT2D eigenvalue weighted by Crippen LogP contribution is -2.51. The van der Waals surface area contributed by atoms with Crippen molar-refractivity contribution in [2.45, 2.75) is 45.7 Å². The molecule has 1 unspecified atom stereocenters. The van der Waals surface area contributed by atoms with Crippen LogP contribution in [0.5, 0.6) is 0 Å². The van der Waals surface area contributed by atoms with Gasteiger partial charge in [0.1, 0.15) is 16.8 Å². The number of piperidine rings is 1. The van der Waals surface area contributed by atoms with Gasteiger partial charge in [-0.1, -0.05) is 30.3 Å². The number of nitrogens with zero attached hydrogens (tertiary/aromatic N) is 2. The van der Waals surface area contributed by atoms with Gasteiger partial charge in [-0.3, -0.25) is 0 Å². The number of hydrogen-bond acceptors (Lipinski definition) is 6. The fourth-order valence-corrected chi connectivity index (χ4v) is 5.24. The van der Waals surface area contributed by atoms with E-state index < -0.39 is 28.1 Å². The normalized spacial score (nSPS) is 19.6. The number of hydrogen-bond donors (Lipinski definition) is 2. The first kappa shape index (κ1) is 22.8. The molecule has 3 rings (SSSR count). The van der Waals surface area contributed by atoms with Gasteiger partial charge in [-0.15, -0.1) is 4.40 Å². The predicted octanol–water partition coefficient (Wildman–Crippen LogP) is 1.87. The fraction of sp³-hybridized carbons (Fsp3) is 0.476. The number of urea groups is 1. The smallest absolute Gasteiger partial charge is 0.328 e. The Labute approximate surface area is 182 Å². The van der Waals surface area contributed by atoms with Crippen LogP contribution in [0.2, 0.25) is 0 Å². The molecule has 0 aliphatic carbocycles. The largest absolute Gasteiger partial charge is 0.464 e. The van der Waals surface area contributed by atoms with Crippen LogP contribution >= 0.6 is 0 Å². The Bertz CT molecular complexity index is 996. The van der Waals surface area contributed by atoms with Crippen LogP contribution in [-0.4, -0.2) is 62.9 Å². The van der Waals surface area contributed by atoms with E-state index in [1.807, 2.05) is 11.0 Å². The molecule has 1 aromatic carbocycles. The van der Waals surface area contributed by atoms with E-state index in [1.165, 1.54) is 0 Å². The zero-order chi connectivity index (χ0) is 22.6. The molecule has 10 heteroatoms. The quantitative estimate of drug-likeness (QED) is 0.664. The third-order valence-electron chi connectivity index (χ3n) is 5.29. The van der Waals surface area contributed by atoms with E-state index in [9.17, 15) is 18.0 Å². The lowest BCUT2D eigenvalue weighted by atomic mass is 10.0. The maximum Gasteiger partial charge on any atom is 0.328 e. The number of esters is 1. The highest BCUT2D eigenvalue weighted by molar-refractivity contribution is 8.00. The van der Waals surface area contributed by atoms with Crippen molar-refractivity contribution >= 4 is 32.8 Å². The van der Waals surface area contributed by atoms with Gasteiger partial charge in [0.05, 0.1) is 6.61 Å². The standard InChI is InChI=1S/C21H28N4O5S/c1-4-30-20(26)15(3)22-21(27)23-17-10-12-25(13-11-17)19-14(2)18(31(28,29)24-19)16-8-6-5-7-9-16/h5-9,15,17H,4,10-13H2,1-3H3,(H2,22,23,27). The molecule has 1 saturated heterocycles. The van der Waals surface area contributed by atoms with E-state index in [0.29, 0.717) is 42.9 Å². The van der Waals surface area contributed by atoms with Gasteiger partial charge in [0.25, 0.3) is 10.0 Å². The highest BCUT2D eigenvalue weighted by Gasteiger charge is 2.35. The van der Waals surface area contributed by atoms with Gasteiger partial charge in [-0.05, 0) is 39.2 Å². The highest BCUT2D eigenvalue weighted by Crippen LogP contribution is 2.34. The van der Waals surface area contributed by atoms with Gasteiger partial charge < -0.3 is 20.3 Å². The van der Waals surface area contributed by atoms with E-state index in [-0.39, 0.29) is 17.6 Å². The van der Waals surface area contributed by atoms with Gasteiger partial charge in [0, 0.05) is 24.7 Å². The molecule has 2 heterocycles. The number of amidine groups is 1. The maximum absolute atomic E-state index is 12.7. The number of likely N-dealkylation sites (tertiary alicyclic amines) is 1. The van der Waals surface area contributed by atoms with Crippen molar-refractivity contribution in [2.75, 3.05) is 19.7 Å². The second-order valence-electron chi connectivity index (χ2n) is 7.56. The van der Waals surface area contributed by atoms with Crippen LogP contribution in [-0.2, 0) is 19.6 Å². The summed E-state index contributed by atoms with van der Waals surface area (Å²) >= 11 is 0. The second kappa shape index (κ2) is 9.51. The fourth-order valence-electron chi connectivity index (χ4n) is 3.76. The van der Waals surface area contributed by atoms with Crippen molar-refractivity contribution in [1.82, 2.24) is 15.5 Å². The summed E-state index contributed by atoms with van der Waals surface area (Å²) in [6.45, 7) is 6.43. The number of nitrogens with one attached hydrogen (secondary N) is 2. The van der Waals surface area contributed by atoms with E-state index in [4.69, 9.17) is 4.74 Å². The molecule has 31 heavy (non-hydrogen) atoms. The number of ether oxygens (including phenoxy) is 1. The molecule has 0 spiro atoms. The minimum Gasteiger partial charge on any atom is -0.464 e. The molecule has 0 radical (unpaired) electrons. The Morgan fingerprint density at radius 1 is 1.23 bits per heavy atom. The van der Waals surface area contributed by atoms with Crippen LogP contribution in [0, 0.1) is 0 Å². The number of benzene rings is 1. The minimum atomic E-state index is -3.74. The molecule has 2 amide bonds. The molecular weight excluding hydrogens is 420 g/mol. The number of rotatable bonds is 5. The lowest BCUT2D eigenvalue weighted by Gasteiger charge is -2.34. The number of carbonyl (C=O) groups is 2. The van der Waals surface area contributed by atoms with Crippen LogP contribution in [0.1, 0.15) is 39.2 Å². The highest BCUT2D eigenvalue weighted by atomic mass is 32.2. The van der Waals surface area contributed by atoms with Crippen LogP contribution in [0.15, 0.2) is 40.3 Å². The van der Waals surface area contributed by atoms with E-state index in [1.54, 1.807) is 45.0 Å². The molecule has 2 N–H and O–H groups in total. The summed E-state index contributed by atoms with van der Waals surface area (Å²) < 4.78 is 34.2. The zero-order valence-electron chi connectivity index (χ0n) is 17.9. The molecule has 168 valence electrons. The summed E-state index contributed by atoms with van der Waals surface area (Å²) in [4.78, 5) is 26.0. The van der Waals surface area contributed by atoms with E-state index in [0.717, 1.165) is 0 Å². The molecule has 1 fully saturated rings. The van der Waals surface area contributed by atoms with Crippen LogP contribution < -0.4 is 10.6 Å². The summed E-state index contributed by atoms with van der Waals surface area (Å²) in [7, 11) is -3.74. The number of sulfonamides is 1. The number of carbonyl (C=O) groups excluding carboxylic acids is 2. The van der Waals surface area contributed by atoms with Crippen molar-refractivity contribution in [3.05, 3.63) is 41.5 Å². The Morgan fingerprint density at radius 2 is 1.87 bits per heavy atom. The summed E-state index contributed by atoms with van der Waals surface area (Å²) in [5.74, 6) is -0.0119. The maximum atomic E-state index is 12.7. The summed E-state index contributed by atoms with van der Waals surface area (Å²) in [5, 5.41) is 5.44. The Morgan fingerprint density at radius 3 is 2.48 bits per heavy atom. The SMILES string of the molecule is CCOC(=O)C(C)NC(=O)NC1CCN(C2=NS(=O)(=O)C(c3ccccc3)=C2C)CC1. The van der Waals surface area contributed by atoms with Crippen molar-refractivity contribution in [1.29, 1.82) is 0 Å². The van der Waals surface area contributed by atoms with E-state index >= 15 is 0 Å². The third-order valence-corrected chi connectivity index (χ3v) is 6.77. The van der Waals surface area contributed by atoms with Crippen molar-refractivity contribution < 1.29 is 22.7 Å². The second-order valence-corrected chi connectivity index (χ2v) is 9.10. The zero-order valence-corrected chi connectivity index (χ0v) is 18.7. The van der Waals surface area contributed by atoms with Gasteiger partial charge in [-0.2, -0.15) is 8.42 Å². The van der Waals surface area contributed by atoms with E-state index in [2.05, 4.69) is 15.0 Å². The Balaban J connectivity index is 1.59. The minimum absolute atomic E-state index is 0.0814. The molecule has 1 atom stereocenters. The van der Waals surface area contributed by atoms with Crippen molar-refractivity contribution in [2.24, 2.45) is 4.40 Å². The molecule has 9 nitrogen and oxygen atoms in total. The molecule has 0 bridgehead atoms. The van der Waals surface area contributed by atoms with Crippen LogP contribution in [0.3, 0.4) is 0 Å². The number of amides is 2. The summed E-state index contributed by atoms with van der Waals surface area (Å²) in [5.41, 5.74) is 1.27. The van der Waals surface area contributed by atoms with Gasteiger partial charge >= 0.3 is 12.0 Å². The molecule has 1 aromatic rings. The average molecular weight is 449 g/mol. The van der Waals surface area contributed by atoms with Crippen molar-refractivity contribution in [3.63, 3.8) is 0 Å². The lowest BCUT2D eigenvalue weighted by molar-refractivity contribution is -0.144. The average Bonchev–Trinajstić information content (AvgIpc) is 2.98.